The molecule has 0 saturated heterocycles. The maximum atomic E-state index is 8.24. The first-order chi connectivity index (χ1) is 4.34. The third-order valence-electron chi connectivity index (χ3n) is 1.12. The number of rotatable bonds is 2. The summed E-state index contributed by atoms with van der Waals surface area (Å²) in [5.41, 5.74) is 2.88. The van der Waals surface area contributed by atoms with Gasteiger partial charge in [0.15, 0.2) is 0 Å². The molecule has 50 valence electrons. The number of hydroxylamine groups is 1. The van der Waals surface area contributed by atoms with Gasteiger partial charge in [-0.25, -0.2) is 5.48 Å². The Morgan fingerprint density at radius 1 is 1.89 bits per heavy atom. The van der Waals surface area contributed by atoms with Crippen LogP contribution in [0.2, 0.25) is 0 Å². The molecule has 0 aliphatic heterocycles. The van der Waals surface area contributed by atoms with Crippen molar-refractivity contribution >= 4 is 0 Å². The van der Waals surface area contributed by atoms with Gasteiger partial charge < -0.3 is 9.73 Å². The largest absolute Gasteiger partial charge is 0.361 e. The van der Waals surface area contributed by atoms with Gasteiger partial charge in [-0.3, -0.25) is 0 Å². The Morgan fingerprint density at radius 3 is 3.11 bits per heavy atom. The molecule has 0 bridgehead atoms. The Morgan fingerprint density at radius 2 is 2.67 bits per heavy atom. The zero-order chi connectivity index (χ0) is 6.69. The minimum atomic E-state index is 0.384. The van der Waals surface area contributed by atoms with Crippen LogP contribution in [0.1, 0.15) is 11.3 Å². The molecule has 0 saturated carbocycles. The van der Waals surface area contributed by atoms with Crippen molar-refractivity contribution in [2.45, 2.75) is 13.5 Å². The Kier molecular flexibility index (Phi) is 1.81. The van der Waals surface area contributed by atoms with Gasteiger partial charge in [-0.2, -0.15) is 0 Å². The minimum Gasteiger partial charge on any atom is -0.361 e. The molecule has 1 aromatic heterocycles. The van der Waals surface area contributed by atoms with Crippen molar-refractivity contribution in [1.29, 1.82) is 0 Å². The van der Waals surface area contributed by atoms with Gasteiger partial charge in [0.05, 0.1) is 12.7 Å². The summed E-state index contributed by atoms with van der Waals surface area (Å²) in [6.45, 7) is 2.18. The van der Waals surface area contributed by atoms with Crippen LogP contribution >= 0.6 is 0 Å². The second-order valence-electron chi connectivity index (χ2n) is 1.74. The summed E-state index contributed by atoms with van der Waals surface area (Å²) in [6.07, 6.45) is 1.57. The summed E-state index contributed by atoms with van der Waals surface area (Å²) in [5.74, 6) is 0.733. The molecule has 0 unspecified atom stereocenters. The maximum absolute atomic E-state index is 8.24. The summed E-state index contributed by atoms with van der Waals surface area (Å²) in [6, 6.07) is 0. The van der Waals surface area contributed by atoms with Gasteiger partial charge >= 0.3 is 0 Å². The highest BCUT2D eigenvalue weighted by atomic mass is 16.5. The second-order valence-corrected chi connectivity index (χ2v) is 1.74. The van der Waals surface area contributed by atoms with E-state index >= 15 is 0 Å². The zero-order valence-corrected chi connectivity index (χ0v) is 5.09. The molecule has 0 atom stereocenters. The lowest BCUT2D eigenvalue weighted by molar-refractivity contribution is 0.160. The minimum absolute atomic E-state index is 0.384. The van der Waals surface area contributed by atoms with Crippen molar-refractivity contribution in [1.82, 2.24) is 10.6 Å². The van der Waals surface area contributed by atoms with Gasteiger partial charge in [-0.15, -0.1) is 0 Å². The molecule has 0 aliphatic carbocycles. The first-order valence-electron chi connectivity index (χ1n) is 2.61. The highest BCUT2D eigenvalue weighted by molar-refractivity contribution is 5.10. The first kappa shape index (κ1) is 6.25. The fourth-order valence-corrected chi connectivity index (χ4v) is 0.574. The van der Waals surface area contributed by atoms with Gasteiger partial charge in [-0.1, -0.05) is 5.16 Å². The molecule has 9 heavy (non-hydrogen) atoms. The fraction of sp³-hybridized carbons (Fsp3) is 0.400. The van der Waals surface area contributed by atoms with Crippen molar-refractivity contribution in [2.75, 3.05) is 0 Å². The van der Waals surface area contributed by atoms with E-state index in [0.29, 0.717) is 6.54 Å². The molecule has 1 rings (SSSR count). The van der Waals surface area contributed by atoms with Crippen LogP contribution < -0.4 is 5.48 Å². The van der Waals surface area contributed by atoms with Crippen molar-refractivity contribution in [3.05, 3.63) is 17.5 Å². The van der Waals surface area contributed by atoms with E-state index in [4.69, 9.17) is 9.73 Å². The quantitative estimate of drug-likeness (QED) is 0.568. The van der Waals surface area contributed by atoms with E-state index in [1.165, 1.54) is 0 Å². The Labute approximate surface area is 52.4 Å². The molecule has 1 heterocycles. The van der Waals surface area contributed by atoms with Crippen LogP contribution in [0.3, 0.4) is 0 Å². The summed E-state index contributed by atoms with van der Waals surface area (Å²) >= 11 is 0. The SMILES string of the molecule is Cc1oncc1CNO. The lowest BCUT2D eigenvalue weighted by atomic mass is 10.3. The molecule has 0 aliphatic rings. The van der Waals surface area contributed by atoms with Crippen LogP contribution in [-0.2, 0) is 6.54 Å². The van der Waals surface area contributed by atoms with Crippen LogP contribution in [0.15, 0.2) is 10.7 Å². The van der Waals surface area contributed by atoms with Gasteiger partial charge in [0.2, 0.25) is 0 Å². The molecule has 0 spiro atoms. The Balaban J connectivity index is 2.69. The van der Waals surface area contributed by atoms with E-state index in [1.807, 2.05) is 5.48 Å². The lowest BCUT2D eigenvalue weighted by Crippen LogP contribution is -2.05. The Hall–Kier alpha value is -0.870. The molecule has 0 radical (unpaired) electrons. The topological polar surface area (TPSA) is 58.3 Å². The Bertz CT molecular complexity index is 185. The average Bonchev–Trinajstić information content (AvgIpc) is 2.18. The van der Waals surface area contributed by atoms with Gasteiger partial charge in [0.25, 0.3) is 0 Å². The van der Waals surface area contributed by atoms with E-state index < -0.39 is 0 Å². The molecule has 0 amide bonds. The predicted molar refractivity (Wildman–Crippen MR) is 29.9 cm³/mol. The average molecular weight is 128 g/mol. The molecule has 1 aromatic rings. The van der Waals surface area contributed by atoms with Crippen molar-refractivity contribution in [3.8, 4) is 0 Å². The van der Waals surface area contributed by atoms with E-state index in [2.05, 4.69) is 5.16 Å². The van der Waals surface area contributed by atoms with E-state index in [1.54, 1.807) is 13.1 Å². The normalized spacial score (nSPS) is 10.0. The number of nitrogens with zero attached hydrogens (tertiary/aromatic N) is 1. The smallest absolute Gasteiger partial charge is 0.138 e. The lowest BCUT2D eigenvalue weighted by Gasteiger charge is -1.90. The van der Waals surface area contributed by atoms with Gasteiger partial charge in [0, 0.05) is 5.56 Å². The fourth-order valence-electron chi connectivity index (χ4n) is 0.574. The molecule has 2 N–H and O–H groups in total. The van der Waals surface area contributed by atoms with Crippen LogP contribution in [0.5, 0.6) is 0 Å². The highest BCUT2D eigenvalue weighted by Gasteiger charge is 1.99. The predicted octanol–water partition coefficient (Wildman–Crippen LogP) is 0.462. The van der Waals surface area contributed by atoms with Gasteiger partial charge in [-0.05, 0) is 6.92 Å². The molecule has 4 nitrogen and oxygen atoms in total. The van der Waals surface area contributed by atoms with Crippen LogP contribution in [0.4, 0.5) is 0 Å². The number of nitrogens with one attached hydrogen (secondary N) is 1. The zero-order valence-electron chi connectivity index (χ0n) is 5.09. The van der Waals surface area contributed by atoms with Gasteiger partial charge in [0.1, 0.15) is 5.76 Å². The maximum Gasteiger partial charge on any atom is 0.138 e. The second kappa shape index (κ2) is 2.61. The number of hydrogen-bond donors (Lipinski definition) is 2. The standard InChI is InChI=1S/C5H8N2O2/c1-4-5(2-6-8)3-7-9-4/h3,6,8H,2H2,1H3. The summed E-state index contributed by atoms with van der Waals surface area (Å²) < 4.78 is 4.72. The third kappa shape index (κ3) is 1.28. The monoisotopic (exact) mass is 128 g/mol. The summed E-state index contributed by atoms with van der Waals surface area (Å²) in [7, 11) is 0. The highest BCUT2D eigenvalue weighted by Crippen LogP contribution is 2.03. The summed E-state index contributed by atoms with van der Waals surface area (Å²) in [5, 5.41) is 11.8. The van der Waals surface area contributed by atoms with Crippen molar-refractivity contribution in [2.24, 2.45) is 0 Å². The molecule has 4 heteroatoms. The van der Waals surface area contributed by atoms with Crippen molar-refractivity contribution in [3.63, 3.8) is 0 Å². The molecule has 0 aromatic carbocycles. The molecular weight excluding hydrogens is 120 g/mol. The van der Waals surface area contributed by atoms with Crippen LogP contribution in [-0.4, -0.2) is 10.4 Å². The van der Waals surface area contributed by atoms with Crippen LogP contribution in [0.25, 0.3) is 0 Å². The number of aromatic nitrogens is 1. The molecular formula is C5H8N2O2. The van der Waals surface area contributed by atoms with E-state index in [9.17, 15) is 0 Å². The van der Waals surface area contributed by atoms with Crippen molar-refractivity contribution < 1.29 is 9.73 Å². The van der Waals surface area contributed by atoms with E-state index in [0.717, 1.165) is 11.3 Å². The van der Waals surface area contributed by atoms with E-state index in [-0.39, 0.29) is 0 Å². The summed E-state index contributed by atoms with van der Waals surface area (Å²) in [4.78, 5) is 0. The van der Waals surface area contributed by atoms with Crippen LogP contribution in [0, 0.1) is 6.92 Å². The number of hydrogen-bond acceptors (Lipinski definition) is 4. The third-order valence-corrected chi connectivity index (χ3v) is 1.12. The first-order valence-corrected chi connectivity index (χ1v) is 2.61. The number of aryl methyl sites for hydroxylation is 1. The molecule has 0 fully saturated rings.